The van der Waals surface area contributed by atoms with Crippen LogP contribution in [0.15, 0.2) is 12.1 Å². The predicted octanol–water partition coefficient (Wildman–Crippen LogP) is 1.98. The van der Waals surface area contributed by atoms with Crippen molar-refractivity contribution in [1.82, 2.24) is 9.80 Å². The number of carbonyl (C=O) groups is 1. The van der Waals surface area contributed by atoms with Crippen LogP contribution in [-0.4, -0.2) is 76.7 Å². The number of hydrogen-bond acceptors (Lipinski definition) is 7. The van der Waals surface area contributed by atoms with E-state index in [1.54, 1.807) is 11.0 Å². The number of nitrogens with one attached hydrogen (secondary N) is 1. The van der Waals surface area contributed by atoms with E-state index in [4.69, 9.17) is 15.9 Å². The molecule has 30 heavy (non-hydrogen) atoms. The fraction of sp³-hybridized carbons (Fsp3) is 0.636. The lowest BCUT2D eigenvalue weighted by molar-refractivity contribution is -0.111. The van der Waals surface area contributed by atoms with Crippen LogP contribution in [0.2, 0.25) is 0 Å². The maximum Gasteiger partial charge on any atom is 0.157 e. The van der Waals surface area contributed by atoms with E-state index in [-0.39, 0.29) is 34.9 Å². The normalized spacial score (nSPS) is 23.9. The third-order valence-corrected chi connectivity index (χ3v) is 6.36. The lowest BCUT2D eigenvalue weighted by Gasteiger charge is -2.43. The van der Waals surface area contributed by atoms with Gasteiger partial charge < -0.3 is 25.6 Å². The first-order chi connectivity index (χ1) is 14.3. The minimum atomic E-state index is -0.960. The van der Waals surface area contributed by atoms with Crippen LogP contribution in [0.25, 0.3) is 0 Å². The van der Waals surface area contributed by atoms with Crippen molar-refractivity contribution in [1.29, 1.82) is 5.41 Å². The second-order valence-corrected chi connectivity index (χ2v) is 8.58. The summed E-state index contributed by atoms with van der Waals surface area (Å²) in [5.74, 6) is -0.151. The first-order valence-electron chi connectivity index (χ1n) is 10.8. The predicted molar refractivity (Wildman–Crippen MR) is 115 cm³/mol. The number of phenolic OH excluding ortho intramolecular Hbond substituents is 2. The number of aldehydes is 1. The van der Waals surface area contributed by atoms with Gasteiger partial charge in [0.25, 0.3) is 0 Å². The summed E-state index contributed by atoms with van der Waals surface area (Å²) in [5, 5.41) is 29.3. The summed E-state index contributed by atoms with van der Waals surface area (Å²) in [4.78, 5) is 15.7. The molecule has 1 aliphatic carbocycles. The zero-order chi connectivity index (χ0) is 21.8. The van der Waals surface area contributed by atoms with Crippen LogP contribution in [0.4, 0.5) is 0 Å². The van der Waals surface area contributed by atoms with Crippen LogP contribution in [-0.2, 0) is 9.53 Å². The summed E-state index contributed by atoms with van der Waals surface area (Å²) < 4.78 is 5.45. The fourth-order valence-corrected chi connectivity index (χ4v) is 4.67. The Labute approximate surface area is 178 Å². The molecule has 0 aromatic heterocycles. The number of phenols is 2. The topological polar surface area (TPSA) is 123 Å². The highest BCUT2D eigenvalue weighted by Crippen LogP contribution is 2.35. The number of amidine groups is 1. The van der Waals surface area contributed by atoms with Gasteiger partial charge in [-0.05, 0) is 43.2 Å². The van der Waals surface area contributed by atoms with E-state index in [1.165, 1.54) is 6.07 Å². The van der Waals surface area contributed by atoms with Gasteiger partial charge in [-0.3, -0.25) is 15.1 Å². The molecule has 5 N–H and O–H groups in total. The van der Waals surface area contributed by atoms with Crippen LogP contribution in [0, 0.1) is 5.41 Å². The fourth-order valence-electron chi connectivity index (χ4n) is 4.67. The molecule has 8 nitrogen and oxygen atoms in total. The van der Waals surface area contributed by atoms with Gasteiger partial charge in [0.1, 0.15) is 23.5 Å². The number of aromatic hydroxyl groups is 2. The molecule has 2 aliphatic rings. The Bertz CT molecular complexity index is 756. The van der Waals surface area contributed by atoms with Crippen LogP contribution < -0.4 is 5.73 Å². The Balaban J connectivity index is 1.79. The average molecular weight is 419 g/mol. The zero-order valence-electron chi connectivity index (χ0n) is 17.9. The van der Waals surface area contributed by atoms with E-state index in [0.29, 0.717) is 17.9 Å². The summed E-state index contributed by atoms with van der Waals surface area (Å²) >= 11 is 0. The van der Waals surface area contributed by atoms with Gasteiger partial charge in [0.2, 0.25) is 0 Å². The van der Waals surface area contributed by atoms with Gasteiger partial charge in [-0.2, -0.15) is 0 Å². The maximum atomic E-state index is 11.6. The summed E-state index contributed by atoms with van der Waals surface area (Å²) in [6.45, 7) is 7.29. The molecule has 1 aliphatic heterocycles. The Kier molecular flexibility index (Phi) is 7.33. The maximum absolute atomic E-state index is 11.6. The minimum absolute atomic E-state index is 0.00342. The van der Waals surface area contributed by atoms with E-state index in [2.05, 4.69) is 4.90 Å². The highest BCUT2D eigenvalue weighted by Gasteiger charge is 2.34. The highest BCUT2D eigenvalue weighted by atomic mass is 16.5. The molecule has 3 rings (SSSR count). The first-order valence-corrected chi connectivity index (χ1v) is 10.8. The molecule has 2 fully saturated rings. The smallest absolute Gasteiger partial charge is 0.157 e. The van der Waals surface area contributed by atoms with Crippen molar-refractivity contribution in [3.8, 4) is 11.5 Å². The Morgan fingerprint density at radius 1 is 1.20 bits per heavy atom. The lowest BCUT2D eigenvalue weighted by Crippen LogP contribution is -2.55. The number of rotatable bonds is 6. The Morgan fingerprint density at radius 3 is 2.40 bits per heavy atom. The molecule has 166 valence electrons. The van der Waals surface area contributed by atoms with E-state index < -0.39 is 6.17 Å². The molecular weight excluding hydrogens is 384 g/mol. The molecule has 8 heteroatoms. The molecule has 1 heterocycles. The van der Waals surface area contributed by atoms with Gasteiger partial charge in [0, 0.05) is 31.2 Å². The number of nitrogens with two attached hydrogens (primary N) is 1. The van der Waals surface area contributed by atoms with Gasteiger partial charge in [-0.25, -0.2) is 0 Å². The summed E-state index contributed by atoms with van der Waals surface area (Å²) in [7, 11) is 0. The average Bonchev–Trinajstić information content (AvgIpc) is 2.74. The molecule has 1 atom stereocenters. The molecule has 0 spiro atoms. The number of benzene rings is 1. The number of hydrogen-bond donors (Lipinski definition) is 4. The molecule has 1 aromatic carbocycles. The first kappa shape index (κ1) is 22.5. The van der Waals surface area contributed by atoms with Crippen LogP contribution in [0.1, 0.15) is 56.6 Å². The Hall–Kier alpha value is -2.16. The third kappa shape index (κ3) is 4.77. The molecule has 1 saturated carbocycles. The zero-order valence-corrected chi connectivity index (χ0v) is 17.9. The molecule has 0 radical (unpaired) electrons. The van der Waals surface area contributed by atoms with Crippen LogP contribution in [0.3, 0.4) is 0 Å². The summed E-state index contributed by atoms with van der Waals surface area (Å²) in [5.41, 5.74) is 7.02. The molecule has 0 bridgehead atoms. The van der Waals surface area contributed by atoms with Gasteiger partial charge in [-0.1, -0.05) is 13.8 Å². The second-order valence-electron chi connectivity index (χ2n) is 8.58. The molecule has 0 amide bonds. The SMILES string of the molecule is CC(C)c1cc(C(=N)N(C(N)C=O)C2CCC(N3CCOCC3)CC2)c(O)cc1O. The van der Waals surface area contributed by atoms with Crippen molar-refractivity contribution in [2.24, 2.45) is 5.73 Å². The highest BCUT2D eigenvalue weighted by molar-refractivity contribution is 6.00. The molecular formula is C22H34N4O4. The standard InChI is InChI=1S/C22H34N4O4/c1-14(2)17-11-18(20(29)12-19(17)28)22(24)26(21(23)13-27)16-5-3-15(4-6-16)25-7-9-30-10-8-25/h11-16,21,24,28-29H,3-10,23H2,1-2H3. The monoisotopic (exact) mass is 418 g/mol. The van der Waals surface area contributed by atoms with E-state index >= 15 is 0 Å². The summed E-state index contributed by atoms with van der Waals surface area (Å²) in [6, 6.07) is 3.33. The Morgan fingerprint density at radius 2 is 1.83 bits per heavy atom. The van der Waals surface area contributed by atoms with E-state index in [0.717, 1.165) is 52.0 Å². The van der Waals surface area contributed by atoms with Gasteiger partial charge in [0.05, 0.1) is 18.8 Å². The van der Waals surface area contributed by atoms with Crippen LogP contribution >= 0.6 is 0 Å². The molecule has 1 saturated heterocycles. The van der Waals surface area contributed by atoms with Gasteiger partial charge in [-0.15, -0.1) is 0 Å². The minimum Gasteiger partial charge on any atom is -0.508 e. The molecule has 1 aromatic rings. The summed E-state index contributed by atoms with van der Waals surface area (Å²) in [6.07, 6.45) is 3.27. The van der Waals surface area contributed by atoms with Crippen molar-refractivity contribution in [3.63, 3.8) is 0 Å². The number of ether oxygens (including phenoxy) is 1. The van der Waals surface area contributed by atoms with Gasteiger partial charge >= 0.3 is 0 Å². The number of carbonyl (C=O) groups excluding carboxylic acids is 1. The lowest BCUT2D eigenvalue weighted by atomic mass is 9.88. The van der Waals surface area contributed by atoms with Crippen molar-refractivity contribution < 1.29 is 19.7 Å². The van der Waals surface area contributed by atoms with Crippen molar-refractivity contribution >= 4 is 12.1 Å². The van der Waals surface area contributed by atoms with Crippen molar-refractivity contribution in [3.05, 3.63) is 23.3 Å². The molecule has 1 unspecified atom stereocenters. The largest absolute Gasteiger partial charge is 0.508 e. The van der Waals surface area contributed by atoms with E-state index in [9.17, 15) is 15.0 Å². The number of morpholine rings is 1. The van der Waals surface area contributed by atoms with E-state index in [1.807, 2.05) is 13.8 Å². The van der Waals surface area contributed by atoms with Gasteiger partial charge in [0.15, 0.2) is 6.29 Å². The van der Waals surface area contributed by atoms with Crippen molar-refractivity contribution in [2.75, 3.05) is 26.3 Å². The third-order valence-electron chi connectivity index (χ3n) is 6.36. The van der Waals surface area contributed by atoms with Crippen molar-refractivity contribution in [2.45, 2.75) is 63.7 Å². The quantitative estimate of drug-likeness (QED) is 0.241. The second kappa shape index (κ2) is 9.76. The number of nitrogens with zero attached hydrogens (tertiary/aromatic N) is 2. The van der Waals surface area contributed by atoms with Crippen LogP contribution in [0.5, 0.6) is 11.5 Å².